The molecule has 24 heavy (non-hydrogen) atoms. The fourth-order valence-electron chi connectivity index (χ4n) is 3.48. The second kappa shape index (κ2) is 5.60. The van der Waals surface area contributed by atoms with Crippen LogP contribution in [0.4, 0.5) is 0 Å². The summed E-state index contributed by atoms with van der Waals surface area (Å²) in [6, 6.07) is 12.9. The molecule has 120 valence electrons. The standard InChI is InChI=1S/C19H14BrNO3/c20-13-10-11(19(23)24)8-9-15(13)21-14-5-2-1-4-12(14)18-16(21)6-3-7-17(18)22/h1-2,4-5,8-10H,3,6-7H2,(H,23,24). The number of Topliss-reactive ketones (excluding diaryl/α,β-unsaturated/α-hetero) is 1. The van der Waals surface area contributed by atoms with Crippen molar-refractivity contribution in [1.82, 2.24) is 4.57 Å². The van der Waals surface area contributed by atoms with Gasteiger partial charge in [0, 0.05) is 27.5 Å². The van der Waals surface area contributed by atoms with E-state index in [9.17, 15) is 9.59 Å². The molecule has 0 spiro atoms. The number of hydrogen-bond acceptors (Lipinski definition) is 2. The molecule has 0 amide bonds. The third kappa shape index (κ3) is 2.19. The van der Waals surface area contributed by atoms with Gasteiger partial charge in [-0.1, -0.05) is 18.2 Å². The van der Waals surface area contributed by atoms with Crippen LogP contribution in [0.5, 0.6) is 0 Å². The Kier molecular flexibility index (Phi) is 3.53. The molecule has 0 fully saturated rings. The molecule has 1 aliphatic rings. The van der Waals surface area contributed by atoms with E-state index in [1.165, 1.54) is 0 Å². The maximum atomic E-state index is 12.5. The molecule has 2 aromatic carbocycles. The number of carbonyl (C=O) groups is 2. The van der Waals surface area contributed by atoms with E-state index >= 15 is 0 Å². The molecule has 1 heterocycles. The van der Waals surface area contributed by atoms with Gasteiger partial charge in [-0.05, 0) is 53.0 Å². The predicted octanol–water partition coefficient (Wildman–Crippen LogP) is 4.61. The van der Waals surface area contributed by atoms with Crippen LogP contribution in [0.1, 0.15) is 39.3 Å². The van der Waals surface area contributed by atoms with Crippen molar-refractivity contribution in [2.75, 3.05) is 0 Å². The number of fused-ring (bicyclic) bond motifs is 3. The third-order valence-corrected chi connectivity index (χ3v) is 5.14. The fourth-order valence-corrected chi connectivity index (χ4v) is 4.03. The molecule has 1 N–H and O–H groups in total. The van der Waals surface area contributed by atoms with Crippen LogP contribution in [0.25, 0.3) is 16.6 Å². The summed E-state index contributed by atoms with van der Waals surface area (Å²) in [5.41, 5.74) is 3.88. The number of ketones is 1. The molecule has 0 saturated carbocycles. The summed E-state index contributed by atoms with van der Waals surface area (Å²) in [5, 5.41) is 10.1. The average Bonchev–Trinajstić information content (AvgIpc) is 2.90. The Hall–Kier alpha value is -2.40. The molecule has 1 aromatic heterocycles. The maximum Gasteiger partial charge on any atom is 0.335 e. The summed E-state index contributed by atoms with van der Waals surface area (Å²) in [7, 11) is 0. The number of hydrogen-bond donors (Lipinski definition) is 1. The summed E-state index contributed by atoms with van der Waals surface area (Å²) in [6.07, 6.45) is 2.26. The van der Waals surface area contributed by atoms with Crippen LogP contribution < -0.4 is 0 Å². The van der Waals surface area contributed by atoms with Crippen LogP contribution >= 0.6 is 15.9 Å². The van der Waals surface area contributed by atoms with Gasteiger partial charge < -0.3 is 9.67 Å². The Morgan fingerprint density at radius 2 is 1.92 bits per heavy atom. The highest BCUT2D eigenvalue weighted by Gasteiger charge is 2.26. The number of para-hydroxylation sites is 1. The van der Waals surface area contributed by atoms with Gasteiger partial charge in [0.25, 0.3) is 0 Å². The van der Waals surface area contributed by atoms with Gasteiger partial charge in [-0.3, -0.25) is 4.79 Å². The first-order valence-corrected chi connectivity index (χ1v) is 8.56. The van der Waals surface area contributed by atoms with Gasteiger partial charge in [0.15, 0.2) is 5.78 Å². The maximum absolute atomic E-state index is 12.5. The summed E-state index contributed by atoms with van der Waals surface area (Å²) in [5.74, 6) is -0.777. The Morgan fingerprint density at radius 1 is 1.12 bits per heavy atom. The second-order valence-electron chi connectivity index (χ2n) is 5.92. The molecule has 3 aromatic rings. The second-order valence-corrected chi connectivity index (χ2v) is 6.78. The van der Waals surface area contributed by atoms with Gasteiger partial charge in [0.1, 0.15) is 0 Å². The molecule has 0 aliphatic heterocycles. The highest BCUT2D eigenvalue weighted by atomic mass is 79.9. The van der Waals surface area contributed by atoms with Crippen LogP contribution in [0.3, 0.4) is 0 Å². The molecule has 0 saturated heterocycles. The van der Waals surface area contributed by atoms with Gasteiger partial charge in [0.05, 0.1) is 16.8 Å². The number of aromatic carboxylic acids is 1. The first kappa shape index (κ1) is 15.1. The molecule has 0 bridgehead atoms. The first-order valence-electron chi connectivity index (χ1n) is 7.76. The summed E-state index contributed by atoms with van der Waals surface area (Å²) < 4.78 is 2.78. The van der Waals surface area contributed by atoms with Crippen molar-refractivity contribution in [3.63, 3.8) is 0 Å². The number of nitrogens with zero attached hydrogens (tertiary/aromatic N) is 1. The number of aromatic nitrogens is 1. The Morgan fingerprint density at radius 3 is 2.67 bits per heavy atom. The Bertz CT molecular complexity index is 1000. The van der Waals surface area contributed by atoms with Crippen molar-refractivity contribution >= 4 is 38.6 Å². The van der Waals surface area contributed by atoms with Crippen LogP contribution in [-0.4, -0.2) is 21.4 Å². The van der Waals surface area contributed by atoms with Gasteiger partial charge in [0.2, 0.25) is 0 Å². The third-order valence-electron chi connectivity index (χ3n) is 4.50. The van der Waals surface area contributed by atoms with Gasteiger partial charge >= 0.3 is 5.97 Å². The minimum Gasteiger partial charge on any atom is -0.478 e. The van der Waals surface area contributed by atoms with Crippen LogP contribution in [0, 0.1) is 0 Å². The van der Waals surface area contributed by atoms with Crippen LogP contribution in [0.15, 0.2) is 46.9 Å². The molecule has 0 radical (unpaired) electrons. The largest absolute Gasteiger partial charge is 0.478 e. The number of rotatable bonds is 2. The lowest BCUT2D eigenvalue weighted by Crippen LogP contribution is -2.13. The quantitative estimate of drug-likeness (QED) is 0.702. The summed E-state index contributed by atoms with van der Waals surface area (Å²) in [6.45, 7) is 0. The van der Waals surface area contributed by atoms with E-state index in [-0.39, 0.29) is 11.3 Å². The van der Waals surface area contributed by atoms with Crippen molar-refractivity contribution in [3.05, 3.63) is 63.8 Å². The number of halogens is 1. The molecule has 4 nitrogen and oxygen atoms in total. The summed E-state index contributed by atoms with van der Waals surface area (Å²) in [4.78, 5) is 23.6. The van der Waals surface area contributed by atoms with Crippen molar-refractivity contribution in [1.29, 1.82) is 0 Å². The van der Waals surface area contributed by atoms with Crippen molar-refractivity contribution in [3.8, 4) is 5.69 Å². The zero-order valence-electron chi connectivity index (χ0n) is 12.8. The van der Waals surface area contributed by atoms with E-state index in [1.807, 2.05) is 24.3 Å². The lowest BCUT2D eigenvalue weighted by Gasteiger charge is -2.16. The van der Waals surface area contributed by atoms with E-state index in [0.717, 1.165) is 40.7 Å². The van der Waals surface area contributed by atoms with Crippen molar-refractivity contribution in [2.24, 2.45) is 0 Å². The highest BCUT2D eigenvalue weighted by molar-refractivity contribution is 9.10. The summed E-state index contributed by atoms with van der Waals surface area (Å²) >= 11 is 3.50. The number of carboxylic acids is 1. The molecule has 1 aliphatic carbocycles. The van der Waals surface area contributed by atoms with E-state index in [4.69, 9.17) is 5.11 Å². The molecule has 5 heteroatoms. The minimum atomic E-state index is -0.961. The Balaban J connectivity index is 2.04. The minimum absolute atomic E-state index is 0.185. The van der Waals surface area contributed by atoms with Crippen molar-refractivity contribution in [2.45, 2.75) is 19.3 Å². The smallest absolute Gasteiger partial charge is 0.335 e. The number of carbonyl (C=O) groups excluding carboxylic acids is 1. The normalized spacial score (nSPS) is 14.0. The molecule has 0 atom stereocenters. The van der Waals surface area contributed by atoms with Gasteiger partial charge in [-0.2, -0.15) is 0 Å². The number of benzene rings is 2. The SMILES string of the molecule is O=C(O)c1ccc(-n2c3c(c4ccccc42)C(=O)CCC3)c(Br)c1. The van der Waals surface area contributed by atoms with Crippen molar-refractivity contribution < 1.29 is 14.7 Å². The van der Waals surface area contributed by atoms with Crippen LogP contribution in [-0.2, 0) is 6.42 Å². The zero-order valence-corrected chi connectivity index (χ0v) is 14.3. The highest BCUT2D eigenvalue weighted by Crippen LogP contribution is 2.36. The molecule has 0 unspecified atom stereocenters. The Labute approximate surface area is 146 Å². The average molecular weight is 384 g/mol. The number of carboxylic acid groups (broad SMARTS) is 1. The topological polar surface area (TPSA) is 59.3 Å². The zero-order chi connectivity index (χ0) is 16.8. The predicted molar refractivity (Wildman–Crippen MR) is 95.2 cm³/mol. The lowest BCUT2D eigenvalue weighted by molar-refractivity contribution is 0.0696. The first-order chi connectivity index (χ1) is 11.6. The van der Waals surface area contributed by atoms with Gasteiger partial charge in [-0.15, -0.1) is 0 Å². The van der Waals surface area contributed by atoms with Crippen LogP contribution in [0.2, 0.25) is 0 Å². The van der Waals surface area contributed by atoms with E-state index in [1.54, 1.807) is 18.2 Å². The molecular weight excluding hydrogens is 370 g/mol. The van der Waals surface area contributed by atoms with Gasteiger partial charge in [-0.25, -0.2) is 4.79 Å². The monoisotopic (exact) mass is 383 g/mol. The van der Waals surface area contributed by atoms with E-state index in [0.29, 0.717) is 10.9 Å². The molecule has 4 rings (SSSR count). The van der Waals surface area contributed by atoms with E-state index < -0.39 is 5.97 Å². The lowest BCUT2D eigenvalue weighted by atomic mass is 9.94. The fraction of sp³-hybridized carbons (Fsp3) is 0.158. The molecular formula is C19H14BrNO3. The van der Waals surface area contributed by atoms with E-state index in [2.05, 4.69) is 20.5 Å².